The number of carbonyl (C=O) groups is 2. The van der Waals surface area contributed by atoms with Crippen LogP contribution in [0.4, 0.5) is 0 Å². The Bertz CT molecular complexity index is 348. The molecule has 0 N–H and O–H groups in total. The Morgan fingerprint density at radius 3 is 2.72 bits per heavy atom. The maximum Gasteiger partial charge on any atom is 0.293 e. The van der Waals surface area contributed by atoms with Crippen molar-refractivity contribution in [2.45, 2.75) is 52.9 Å². The molecular weight excluding hydrogens is 228 g/mol. The Morgan fingerprint density at radius 2 is 2.06 bits per heavy atom. The number of fused-ring (bicyclic) bond motifs is 1. The SMILES string of the molecule is CC1(C)CCC[C@@]2(C)C(COC=O)C(=O)CC[C@H]12. The molecule has 3 heteroatoms. The summed E-state index contributed by atoms with van der Waals surface area (Å²) in [6.45, 7) is 7.61. The van der Waals surface area contributed by atoms with E-state index in [9.17, 15) is 9.59 Å². The maximum atomic E-state index is 12.2. The summed E-state index contributed by atoms with van der Waals surface area (Å²) in [6, 6.07) is 0. The molecule has 2 aliphatic carbocycles. The molecule has 0 radical (unpaired) electrons. The van der Waals surface area contributed by atoms with Crippen LogP contribution in [0, 0.1) is 22.7 Å². The van der Waals surface area contributed by atoms with E-state index in [4.69, 9.17) is 4.74 Å². The summed E-state index contributed by atoms with van der Waals surface area (Å²) in [5.74, 6) is 0.756. The van der Waals surface area contributed by atoms with Crippen molar-refractivity contribution in [2.24, 2.45) is 22.7 Å². The first-order chi connectivity index (χ1) is 8.42. The average Bonchev–Trinajstić information content (AvgIpc) is 2.27. The molecule has 18 heavy (non-hydrogen) atoms. The molecular formula is C15H24O3. The van der Waals surface area contributed by atoms with E-state index >= 15 is 0 Å². The zero-order chi connectivity index (χ0) is 13.4. The molecule has 0 aromatic heterocycles. The zero-order valence-electron chi connectivity index (χ0n) is 11.7. The first-order valence-corrected chi connectivity index (χ1v) is 7.00. The topological polar surface area (TPSA) is 43.4 Å². The fourth-order valence-electron chi connectivity index (χ4n) is 4.55. The van der Waals surface area contributed by atoms with Gasteiger partial charge in [0.25, 0.3) is 6.47 Å². The highest BCUT2D eigenvalue weighted by molar-refractivity contribution is 5.83. The molecule has 0 aliphatic heterocycles. The van der Waals surface area contributed by atoms with Crippen LogP contribution >= 0.6 is 0 Å². The predicted molar refractivity (Wildman–Crippen MR) is 69.0 cm³/mol. The minimum atomic E-state index is -0.0963. The smallest absolute Gasteiger partial charge is 0.293 e. The number of hydrogen-bond acceptors (Lipinski definition) is 3. The highest BCUT2D eigenvalue weighted by atomic mass is 16.5. The van der Waals surface area contributed by atoms with Crippen molar-refractivity contribution in [3.8, 4) is 0 Å². The first kappa shape index (κ1) is 13.6. The Kier molecular flexibility index (Phi) is 3.52. The van der Waals surface area contributed by atoms with Gasteiger partial charge in [-0.15, -0.1) is 0 Å². The number of ether oxygens (including phenoxy) is 1. The molecule has 0 saturated heterocycles. The Hall–Kier alpha value is -0.860. The second kappa shape index (κ2) is 4.67. The molecule has 2 saturated carbocycles. The van der Waals surface area contributed by atoms with Crippen LogP contribution in [-0.4, -0.2) is 18.9 Å². The second-order valence-electron chi connectivity index (χ2n) is 6.89. The van der Waals surface area contributed by atoms with Gasteiger partial charge in [-0.3, -0.25) is 9.59 Å². The lowest BCUT2D eigenvalue weighted by atomic mass is 9.48. The highest BCUT2D eigenvalue weighted by Crippen LogP contribution is 2.58. The van der Waals surface area contributed by atoms with E-state index in [1.165, 1.54) is 12.8 Å². The van der Waals surface area contributed by atoms with Gasteiger partial charge in [0.2, 0.25) is 0 Å². The second-order valence-corrected chi connectivity index (χ2v) is 6.89. The van der Waals surface area contributed by atoms with Gasteiger partial charge in [-0.2, -0.15) is 0 Å². The van der Waals surface area contributed by atoms with Gasteiger partial charge in [-0.05, 0) is 36.0 Å². The molecule has 0 spiro atoms. The lowest BCUT2D eigenvalue weighted by Crippen LogP contribution is -2.53. The molecule has 0 aromatic carbocycles. The normalized spacial score (nSPS) is 38.9. The molecule has 2 rings (SSSR count). The van der Waals surface area contributed by atoms with Crippen molar-refractivity contribution in [1.29, 1.82) is 0 Å². The van der Waals surface area contributed by atoms with Crippen LogP contribution in [0.15, 0.2) is 0 Å². The number of hydrogen-bond donors (Lipinski definition) is 0. The van der Waals surface area contributed by atoms with Gasteiger partial charge in [0.1, 0.15) is 12.4 Å². The van der Waals surface area contributed by atoms with E-state index in [1.807, 2.05) is 0 Å². The van der Waals surface area contributed by atoms with Crippen LogP contribution in [0.1, 0.15) is 52.9 Å². The molecule has 0 aromatic rings. The Morgan fingerprint density at radius 1 is 1.33 bits per heavy atom. The zero-order valence-corrected chi connectivity index (χ0v) is 11.7. The number of ketones is 1. The molecule has 0 heterocycles. The summed E-state index contributed by atoms with van der Waals surface area (Å²) < 4.78 is 4.92. The van der Waals surface area contributed by atoms with E-state index in [0.717, 1.165) is 12.8 Å². The van der Waals surface area contributed by atoms with Crippen LogP contribution in [0.25, 0.3) is 0 Å². The van der Waals surface area contributed by atoms with E-state index < -0.39 is 0 Å². The first-order valence-electron chi connectivity index (χ1n) is 7.00. The van der Waals surface area contributed by atoms with Crippen LogP contribution in [0.3, 0.4) is 0 Å². The van der Waals surface area contributed by atoms with Crippen LogP contribution in [0.5, 0.6) is 0 Å². The summed E-state index contributed by atoms with van der Waals surface area (Å²) in [5, 5.41) is 0. The number of rotatable bonds is 3. The fraction of sp³-hybridized carbons (Fsp3) is 0.867. The van der Waals surface area contributed by atoms with Gasteiger partial charge in [-0.1, -0.05) is 27.2 Å². The van der Waals surface area contributed by atoms with Gasteiger partial charge >= 0.3 is 0 Å². The third-order valence-corrected chi connectivity index (χ3v) is 5.47. The Balaban J connectivity index is 2.27. The summed E-state index contributed by atoms with van der Waals surface area (Å²) in [5.41, 5.74) is 0.313. The van der Waals surface area contributed by atoms with Gasteiger partial charge in [-0.25, -0.2) is 0 Å². The molecule has 3 atom stereocenters. The van der Waals surface area contributed by atoms with Crippen molar-refractivity contribution in [1.82, 2.24) is 0 Å². The van der Waals surface area contributed by atoms with Crippen molar-refractivity contribution >= 4 is 12.3 Å². The lowest BCUT2D eigenvalue weighted by molar-refractivity contribution is -0.151. The van der Waals surface area contributed by atoms with Gasteiger partial charge in [0, 0.05) is 6.42 Å². The molecule has 0 amide bonds. The summed E-state index contributed by atoms with van der Waals surface area (Å²) in [4.78, 5) is 22.6. The summed E-state index contributed by atoms with van der Waals surface area (Å²) >= 11 is 0. The molecule has 3 nitrogen and oxygen atoms in total. The van der Waals surface area contributed by atoms with Gasteiger partial charge in [0.15, 0.2) is 0 Å². The summed E-state index contributed by atoms with van der Waals surface area (Å²) in [6.07, 6.45) is 5.14. The number of Topliss-reactive ketones (excluding diaryl/α,β-unsaturated/α-hetero) is 1. The van der Waals surface area contributed by atoms with Crippen molar-refractivity contribution in [3.63, 3.8) is 0 Å². The van der Waals surface area contributed by atoms with Gasteiger partial charge < -0.3 is 4.74 Å². The molecule has 2 aliphatic rings. The van der Waals surface area contributed by atoms with E-state index in [1.54, 1.807) is 0 Å². The quantitative estimate of drug-likeness (QED) is 0.725. The monoisotopic (exact) mass is 252 g/mol. The fourth-order valence-corrected chi connectivity index (χ4v) is 4.55. The Labute approximate surface area is 109 Å². The maximum absolute atomic E-state index is 12.2. The number of carbonyl (C=O) groups excluding carboxylic acids is 2. The predicted octanol–water partition coefficient (Wildman–Crippen LogP) is 2.97. The standard InChI is InChI=1S/C15H24O3/c1-14(2)7-4-8-15(3)11(9-18-10-16)12(17)5-6-13(14)15/h10-11,13H,4-9H2,1-3H3/t11?,13-,15+/m1/s1. The van der Waals surface area contributed by atoms with Crippen LogP contribution in [0.2, 0.25) is 0 Å². The minimum absolute atomic E-state index is 0.0140. The summed E-state index contributed by atoms with van der Waals surface area (Å²) in [7, 11) is 0. The molecule has 0 bridgehead atoms. The molecule has 2 fully saturated rings. The van der Waals surface area contributed by atoms with Crippen molar-refractivity contribution in [2.75, 3.05) is 6.61 Å². The van der Waals surface area contributed by atoms with Crippen LogP contribution in [-0.2, 0) is 14.3 Å². The lowest BCUT2D eigenvalue weighted by Gasteiger charge is -2.56. The van der Waals surface area contributed by atoms with E-state index in [2.05, 4.69) is 20.8 Å². The van der Waals surface area contributed by atoms with Crippen molar-refractivity contribution in [3.05, 3.63) is 0 Å². The van der Waals surface area contributed by atoms with Crippen molar-refractivity contribution < 1.29 is 14.3 Å². The third kappa shape index (κ3) is 2.08. The highest BCUT2D eigenvalue weighted by Gasteiger charge is 2.54. The van der Waals surface area contributed by atoms with E-state index in [0.29, 0.717) is 24.2 Å². The minimum Gasteiger partial charge on any atom is -0.467 e. The largest absolute Gasteiger partial charge is 0.467 e. The molecule has 1 unspecified atom stereocenters. The van der Waals surface area contributed by atoms with Gasteiger partial charge in [0.05, 0.1) is 5.92 Å². The average molecular weight is 252 g/mol. The van der Waals surface area contributed by atoms with E-state index in [-0.39, 0.29) is 23.7 Å². The molecule has 102 valence electrons. The third-order valence-electron chi connectivity index (χ3n) is 5.47. The van der Waals surface area contributed by atoms with Crippen LogP contribution < -0.4 is 0 Å².